The third-order valence-electron chi connectivity index (χ3n) is 9.48. The van der Waals surface area contributed by atoms with Crippen molar-refractivity contribution in [1.29, 1.82) is 0 Å². The van der Waals surface area contributed by atoms with Crippen LogP contribution in [0.1, 0.15) is 20.2 Å². The summed E-state index contributed by atoms with van der Waals surface area (Å²) in [5.41, 5.74) is 10.6. The van der Waals surface area contributed by atoms with Gasteiger partial charge in [-0.15, -0.1) is 11.3 Å². The minimum Gasteiger partial charge on any atom is -0.440 e. The van der Waals surface area contributed by atoms with Crippen molar-refractivity contribution >= 4 is 73.9 Å². The summed E-state index contributed by atoms with van der Waals surface area (Å²) in [5, 5.41) is 16.1. The molecule has 2 saturated heterocycles. The van der Waals surface area contributed by atoms with Crippen LogP contribution in [0.15, 0.2) is 95.0 Å². The van der Waals surface area contributed by atoms with E-state index in [0.29, 0.717) is 45.0 Å². The summed E-state index contributed by atoms with van der Waals surface area (Å²) in [6.45, 7) is 7.30. The van der Waals surface area contributed by atoms with Crippen molar-refractivity contribution in [3.05, 3.63) is 101 Å². The number of thiazole rings is 1. The fraction of sp³-hybridized carbons (Fsp3) is 0.231. The average Bonchev–Trinajstić information content (AvgIpc) is 4.01. The fourth-order valence-electron chi connectivity index (χ4n) is 6.38. The van der Waals surface area contributed by atoms with Gasteiger partial charge in [-0.3, -0.25) is 9.59 Å². The number of nitrogens with two attached hydrogens (primary N) is 1. The van der Waals surface area contributed by atoms with Gasteiger partial charge in [0.15, 0.2) is 10.9 Å². The van der Waals surface area contributed by atoms with E-state index in [4.69, 9.17) is 10.2 Å². The molecule has 6 aromatic rings. The Labute approximate surface area is 320 Å². The SMILES string of the molecule is CN1CCN(c2ccc(C(=O)Nc3cc(-c4ccc(Nc5ccc(-c6cccs6)cc5NC(=O)c5ncc(N6CCNCC6)s5)o4)ccc3N)cn2)CC1. The molecule has 2 aliphatic rings. The Balaban J connectivity index is 0.974. The van der Waals surface area contributed by atoms with E-state index in [1.165, 1.54) is 11.3 Å². The van der Waals surface area contributed by atoms with Crippen LogP contribution < -0.4 is 36.8 Å². The standard InChI is InChI=1S/C39H40N10O3S2/c1-47-16-18-48(19-17-47)34-10-6-27(23-42-34)37(50)45-30-21-25(4-7-28(30)40)32-9-11-35(52-32)44-29-8-5-26(33-3-2-20-53-33)22-31(29)46-38(51)39-43-24-36(54-39)49-14-12-41-13-15-49/h2-11,20-24,41,44H,12-19,40H2,1H3,(H,45,50)(H,46,51). The number of furan rings is 1. The first-order valence-electron chi connectivity index (χ1n) is 17.7. The zero-order valence-corrected chi connectivity index (χ0v) is 31.3. The number of anilines is 7. The summed E-state index contributed by atoms with van der Waals surface area (Å²) >= 11 is 3.01. The Hall–Kier alpha value is -5.74. The Kier molecular flexibility index (Phi) is 10.3. The average molecular weight is 761 g/mol. The van der Waals surface area contributed by atoms with Crippen LogP contribution in [-0.4, -0.2) is 86.1 Å². The maximum Gasteiger partial charge on any atom is 0.284 e. The van der Waals surface area contributed by atoms with E-state index in [0.717, 1.165) is 79.2 Å². The molecule has 0 saturated carbocycles. The van der Waals surface area contributed by atoms with Gasteiger partial charge in [-0.05, 0) is 72.6 Å². The number of thiophene rings is 1. The lowest BCUT2D eigenvalue weighted by molar-refractivity contribution is 0.101. The number of carbonyl (C=O) groups is 2. The number of benzene rings is 2. The second kappa shape index (κ2) is 15.7. The quantitative estimate of drug-likeness (QED) is 0.0970. The van der Waals surface area contributed by atoms with Gasteiger partial charge in [0.2, 0.25) is 0 Å². The van der Waals surface area contributed by atoms with Crippen LogP contribution in [0.25, 0.3) is 21.8 Å². The number of rotatable bonds is 10. The van der Waals surface area contributed by atoms with Gasteiger partial charge in [-0.2, -0.15) is 0 Å². The Morgan fingerprint density at radius 3 is 2.37 bits per heavy atom. The molecular formula is C39H40N10O3S2. The topological polar surface area (TPSA) is 157 Å². The molecule has 0 radical (unpaired) electrons. The van der Waals surface area contributed by atoms with Crippen LogP contribution in [0.2, 0.25) is 0 Å². The number of hydrogen-bond acceptors (Lipinski definition) is 13. The lowest BCUT2D eigenvalue weighted by atomic mass is 10.1. The van der Waals surface area contributed by atoms with Crippen molar-refractivity contribution in [2.45, 2.75) is 0 Å². The highest BCUT2D eigenvalue weighted by Gasteiger charge is 2.20. The van der Waals surface area contributed by atoms with E-state index in [1.54, 1.807) is 41.9 Å². The number of amides is 2. The second-order valence-electron chi connectivity index (χ2n) is 13.2. The van der Waals surface area contributed by atoms with Crippen molar-refractivity contribution in [1.82, 2.24) is 20.2 Å². The van der Waals surface area contributed by atoms with E-state index in [-0.39, 0.29) is 11.8 Å². The summed E-state index contributed by atoms with van der Waals surface area (Å²) in [7, 11) is 2.11. The third-order valence-corrected chi connectivity index (χ3v) is 11.5. The van der Waals surface area contributed by atoms with Crippen molar-refractivity contribution in [3.63, 3.8) is 0 Å². The zero-order chi connectivity index (χ0) is 37.0. The van der Waals surface area contributed by atoms with Crippen LogP contribution in [0.3, 0.4) is 0 Å². The minimum atomic E-state index is -0.309. The largest absolute Gasteiger partial charge is 0.440 e. The van der Waals surface area contributed by atoms with E-state index < -0.39 is 0 Å². The van der Waals surface area contributed by atoms with Gasteiger partial charge in [-0.25, -0.2) is 9.97 Å². The number of nitrogens with zero attached hydrogens (tertiary/aromatic N) is 5. The number of pyridine rings is 1. The number of piperazine rings is 2. The molecule has 0 bridgehead atoms. The minimum absolute atomic E-state index is 0.286. The molecule has 6 N–H and O–H groups in total. The maximum atomic E-state index is 13.5. The molecule has 0 atom stereocenters. The highest BCUT2D eigenvalue weighted by atomic mass is 32.1. The van der Waals surface area contributed by atoms with Crippen LogP contribution in [0, 0.1) is 0 Å². The van der Waals surface area contributed by atoms with Crippen LogP contribution in [0.4, 0.5) is 39.5 Å². The predicted molar refractivity (Wildman–Crippen MR) is 219 cm³/mol. The zero-order valence-electron chi connectivity index (χ0n) is 29.7. The van der Waals surface area contributed by atoms with Crippen molar-refractivity contribution < 1.29 is 14.0 Å². The Morgan fingerprint density at radius 2 is 1.59 bits per heavy atom. The molecule has 0 aliphatic carbocycles. The summed E-state index contributed by atoms with van der Waals surface area (Å²) in [6.07, 6.45) is 3.37. The molecule has 2 aliphatic heterocycles. The summed E-state index contributed by atoms with van der Waals surface area (Å²) < 4.78 is 6.24. The molecule has 54 heavy (non-hydrogen) atoms. The molecule has 2 amide bonds. The van der Waals surface area contributed by atoms with E-state index in [9.17, 15) is 9.59 Å². The summed E-state index contributed by atoms with van der Waals surface area (Å²) in [6, 6.07) is 22.6. The normalized spacial score (nSPS) is 14.9. The number of aromatic nitrogens is 2. The van der Waals surface area contributed by atoms with Crippen LogP contribution in [0.5, 0.6) is 0 Å². The smallest absolute Gasteiger partial charge is 0.284 e. The predicted octanol–water partition coefficient (Wildman–Crippen LogP) is 6.52. The molecule has 8 rings (SSSR count). The van der Waals surface area contributed by atoms with Gasteiger partial charge >= 0.3 is 0 Å². The molecule has 2 fully saturated rings. The first-order valence-corrected chi connectivity index (χ1v) is 19.4. The number of nitrogen functional groups attached to an aromatic ring is 1. The van der Waals surface area contributed by atoms with Crippen molar-refractivity contribution in [2.24, 2.45) is 0 Å². The highest BCUT2D eigenvalue weighted by Crippen LogP contribution is 2.36. The number of nitrogens with one attached hydrogen (secondary N) is 4. The molecule has 15 heteroatoms. The van der Waals surface area contributed by atoms with Gasteiger partial charge in [0, 0.05) is 75.1 Å². The Bertz CT molecular complexity index is 2240. The van der Waals surface area contributed by atoms with Gasteiger partial charge < -0.3 is 46.1 Å². The van der Waals surface area contributed by atoms with Crippen molar-refractivity contribution in [3.8, 4) is 21.8 Å². The molecule has 4 aromatic heterocycles. The molecule has 2 aromatic carbocycles. The lowest BCUT2D eigenvalue weighted by Gasteiger charge is -2.33. The molecule has 0 spiro atoms. The van der Waals surface area contributed by atoms with Gasteiger partial charge in [0.05, 0.1) is 34.5 Å². The Morgan fingerprint density at radius 1 is 0.796 bits per heavy atom. The lowest BCUT2D eigenvalue weighted by Crippen LogP contribution is -2.44. The monoisotopic (exact) mass is 760 g/mol. The molecule has 13 nitrogen and oxygen atoms in total. The number of likely N-dealkylation sites (N-methyl/N-ethyl adjacent to an activating group) is 1. The van der Waals surface area contributed by atoms with E-state index in [2.05, 4.69) is 53.0 Å². The van der Waals surface area contributed by atoms with Gasteiger partial charge in [0.1, 0.15) is 16.6 Å². The highest BCUT2D eigenvalue weighted by molar-refractivity contribution is 7.17. The van der Waals surface area contributed by atoms with E-state index >= 15 is 0 Å². The van der Waals surface area contributed by atoms with Crippen molar-refractivity contribution in [2.75, 3.05) is 90.9 Å². The second-order valence-corrected chi connectivity index (χ2v) is 15.1. The number of carbonyl (C=O) groups excluding carboxylic acids is 2. The van der Waals surface area contributed by atoms with E-state index in [1.807, 2.05) is 60.0 Å². The number of hydrogen-bond donors (Lipinski definition) is 5. The molecule has 6 heterocycles. The maximum absolute atomic E-state index is 13.5. The molecule has 276 valence electrons. The van der Waals surface area contributed by atoms with Crippen LogP contribution in [-0.2, 0) is 0 Å². The first-order chi connectivity index (χ1) is 26.4. The molecule has 0 unspecified atom stereocenters. The summed E-state index contributed by atoms with van der Waals surface area (Å²) in [5.74, 6) is 1.29. The van der Waals surface area contributed by atoms with Crippen LogP contribution >= 0.6 is 22.7 Å². The summed E-state index contributed by atoms with van der Waals surface area (Å²) in [4.78, 5) is 43.6. The first kappa shape index (κ1) is 35.3. The third kappa shape index (κ3) is 7.94. The van der Waals surface area contributed by atoms with Gasteiger partial charge in [0.25, 0.3) is 11.8 Å². The van der Waals surface area contributed by atoms with Gasteiger partial charge in [-0.1, -0.05) is 23.5 Å². The molecular weight excluding hydrogens is 721 g/mol. The fourth-order valence-corrected chi connectivity index (χ4v) is 7.97.